The highest BCUT2D eigenvalue weighted by atomic mass is 16.6. The lowest BCUT2D eigenvalue weighted by atomic mass is 10.1. The van der Waals surface area contributed by atoms with Gasteiger partial charge >= 0.3 is 11.9 Å². The summed E-state index contributed by atoms with van der Waals surface area (Å²) in [5.74, 6) is 0.608. The second kappa shape index (κ2) is 7.97. The molecule has 0 spiro atoms. The van der Waals surface area contributed by atoms with Gasteiger partial charge in [-0.15, -0.1) is 0 Å². The second-order valence-electron chi connectivity index (χ2n) is 5.07. The third kappa shape index (κ3) is 4.35. The molecule has 0 heterocycles. The van der Waals surface area contributed by atoms with Crippen LogP contribution in [-0.2, 0) is 14.3 Å². The van der Waals surface area contributed by atoms with Gasteiger partial charge in [0.05, 0.1) is 0 Å². The molecule has 0 atom stereocenters. The van der Waals surface area contributed by atoms with Gasteiger partial charge in [-0.25, -0.2) is 9.59 Å². The van der Waals surface area contributed by atoms with Gasteiger partial charge in [-0.1, -0.05) is 37.4 Å². The molecule has 25 heavy (non-hydrogen) atoms. The van der Waals surface area contributed by atoms with Crippen molar-refractivity contribution in [3.63, 3.8) is 0 Å². The number of hydrogen-bond acceptors (Lipinski definition) is 5. The third-order valence-electron chi connectivity index (χ3n) is 3.40. The van der Waals surface area contributed by atoms with E-state index in [-0.39, 0.29) is 0 Å². The Morgan fingerprint density at radius 3 is 1.84 bits per heavy atom. The van der Waals surface area contributed by atoms with Crippen molar-refractivity contribution in [2.75, 3.05) is 0 Å². The Morgan fingerprint density at radius 1 is 0.800 bits per heavy atom. The Hall–Kier alpha value is -3.34. The van der Waals surface area contributed by atoms with Gasteiger partial charge in [0.25, 0.3) is 0 Å². The molecular weight excluding hydrogens is 320 g/mol. The van der Waals surface area contributed by atoms with Gasteiger partial charge in [-0.05, 0) is 26.0 Å². The molecule has 0 N–H and O–H groups in total. The normalized spacial score (nSPS) is 11.3. The molecule has 0 aromatic heterocycles. The number of rotatable bonds is 6. The van der Waals surface area contributed by atoms with Crippen LogP contribution in [0.15, 0.2) is 73.2 Å². The van der Waals surface area contributed by atoms with E-state index in [1.807, 2.05) is 12.1 Å². The van der Waals surface area contributed by atoms with Crippen LogP contribution in [0, 0.1) is 0 Å². The van der Waals surface area contributed by atoms with Gasteiger partial charge in [-0.3, -0.25) is 0 Å². The number of hydrogen-bond donors (Lipinski definition) is 0. The summed E-state index contributed by atoms with van der Waals surface area (Å²) in [6, 6.07) is 10.7. The standard InChI is InChI=1S/C20H18O5/c1-5-19(21)24-14(4)13(3)23-17-11-7-10-16-15(17)9-8-12-18(16)25-20(22)6-2/h5-12H,1-2H2,3-4H3. The monoisotopic (exact) mass is 338 g/mol. The summed E-state index contributed by atoms with van der Waals surface area (Å²) in [4.78, 5) is 22.8. The third-order valence-corrected chi connectivity index (χ3v) is 3.40. The predicted molar refractivity (Wildman–Crippen MR) is 95.1 cm³/mol. The summed E-state index contributed by atoms with van der Waals surface area (Å²) >= 11 is 0. The fourth-order valence-electron chi connectivity index (χ4n) is 2.08. The topological polar surface area (TPSA) is 61.8 Å². The predicted octanol–water partition coefficient (Wildman–Crippen LogP) is 4.29. The molecule has 0 radical (unpaired) electrons. The van der Waals surface area contributed by atoms with Crippen LogP contribution < -0.4 is 9.47 Å². The number of benzene rings is 2. The zero-order valence-corrected chi connectivity index (χ0v) is 14.1. The van der Waals surface area contributed by atoms with E-state index in [2.05, 4.69) is 13.2 Å². The van der Waals surface area contributed by atoms with E-state index in [4.69, 9.17) is 14.2 Å². The first-order chi connectivity index (χ1) is 12.0. The van der Waals surface area contributed by atoms with E-state index in [0.29, 0.717) is 28.4 Å². The summed E-state index contributed by atoms with van der Waals surface area (Å²) in [7, 11) is 0. The van der Waals surface area contributed by atoms with E-state index in [0.717, 1.165) is 17.5 Å². The summed E-state index contributed by atoms with van der Waals surface area (Å²) in [6.07, 6.45) is 2.18. The number of esters is 2. The van der Waals surface area contributed by atoms with Crippen molar-refractivity contribution < 1.29 is 23.8 Å². The lowest BCUT2D eigenvalue weighted by Gasteiger charge is -2.13. The van der Waals surface area contributed by atoms with Crippen LogP contribution in [0.25, 0.3) is 10.8 Å². The smallest absolute Gasteiger partial charge is 0.335 e. The highest BCUT2D eigenvalue weighted by Gasteiger charge is 2.11. The highest BCUT2D eigenvalue weighted by Crippen LogP contribution is 2.33. The lowest BCUT2D eigenvalue weighted by Crippen LogP contribution is -2.04. The van der Waals surface area contributed by atoms with Gasteiger partial charge in [0.1, 0.15) is 23.0 Å². The number of allylic oxidation sites excluding steroid dienone is 2. The van der Waals surface area contributed by atoms with Crippen LogP contribution in [0.3, 0.4) is 0 Å². The summed E-state index contributed by atoms with van der Waals surface area (Å²) in [5, 5.41) is 1.46. The molecule has 2 rings (SSSR count). The number of fused-ring (bicyclic) bond motifs is 1. The van der Waals surface area contributed by atoms with Crippen LogP contribution >= 0.6 is 0 Å². The molecule has 128 valence electrons. The molecular formula is C20H18O5. The summed E-state index contributed by atoms with van der Waals surface area (Å²) in [5.41, 5.74) is 0. The first-order valence-corrected chi connectivity index (χ1v) is 7.51. The Balaban J connectivity index is 2.39. The summed E-state index contributed by atoms with van der Waals surface area (Å²) in [6.45, 7) is 10.1. The average molecular weight is 338 g/mol. The van der Waals surface area contributed by atoms with E-state index >= 15 is 0 Å². The minimum Gasteiger partial charge on any atom is -0.458 e. The molecule has 0 saturated heterocycles. The molecule has 5 nitrogen and oxygen atoms in total. The zero-order valence-electron chi connectivity index (χ0n) is 14.1. The molecule has 0 amide bonds. The molecule has 0 aliphatic carbocycles. The molecule has 0 fully saturated rings. The van der Waals surface area contributed by atoms with E-state index in [1.165, 1.54) is 0 Å². The van der Waals surface area contributed by atoms with Crippen molar-refractivity contribution >= 4 is 22.7 Å². The zero-order chi connectivity index (χ0) is 18.4. The maximum Gasteiger partial charge on any atom is 0.335 e. The molecule has 2 aromatic carbocycles. The Kier molecular flexibility index (Phi) is 5.74. The minimum absolute atomic E-state index is 0.330. The number of ether oxygens (including phenoxy) is 3. The fraction of sp³-hybridized carbons (Fsp3) is 0.100. The Bertz CT molecular complexity index is 877. The average Bonchev–Trinajstić information content (AvgIpc) is 2.62. The van der Waals surface area contributed by atoms with Crippen molar-refractivity contribution in [1.82, 2.24) is 0 Å². The Labute approximate surface area is 145 Å². The van der Waals surface area contributed by atoms with Crippen molar-refractivity contribution in [3.8, 4) is 11.5 Å². The first-order valence-electron chi connectivity index (χ1n) is 7.51. The van der Waals surface area contributed by atoms with E-state index in [1.54, 1.807) is 38.1 Å². The number of carbonyl (C=O) groups excluding carboxylic acids is 2. The van der Waals surface area contributed by atoms with Gasteiger partial charge in [0.2, 0.25) is 0 Å². The van der Waals surface area contributed by atoms with Crippen LogP contribution in [0.4, 0.5) is 0 Å². The van der Waals surface area contributed by atoms with Crippen molar-refractivity contribution in [2.45, 2.75) is 13.8 Å². The SMILES string of the molecule is C=CC(=O)OC(C)=C(C)Oc1cccc2c(OC(=O)C=C)cccc12. The quantitative estimate of drug-likeness (QED) is 0.340. The fourth-order valence-corrected chi connectivity index (χ4v) is 2.08. The maximum atomic E-state index is 11.5. The van der Waals surface area contributed by atoms with Crippen molar-refractivity contribution in [3.05, 3.63) is 73.2 Å². The molecule has 0 aliphatic rings. The highest BCUT2D eigenvalue weighted by molar-refractivity contribution is 5.95. The summed E-state index contributed by atoms with van der Waals surface area (Å²) < 4.78 is 16.1. The molecule has 0 aliphatic heterocycles. The van der Waals surface area contributed by atoms with Crippen molar-refractivity contribution in [2.24, 2.45) is 0 Å². The largest absolute Gasteiger partial charge is 0.458 e. The van der Waals surface area contributed by atoms with Gasteiger partial charge in [0.15, 0.2) is 0 Å². The molecule has 5 heteroatoms. The first kappa shape index (κ1) is 18.0. The van der Waals surface area contributed by atoms with Crippen LogP contribution in [0.2, 0.25) is 0 Å². The van der Waals surface area contributed by atoms with Crippen molar-refractivity contribution in [1.29, 1.82) is 0 Å². The molecule has 0 bridgehead atoms. The maximum absolute atomic E-state index is 11.5. The Morgan fingerprint density at radius 2 is 1.32 bits per heavy atom. The van der Waals surface area contributed by atoms with Crippen LogP contribution in [0.5, 0.6) is 11.5 Å². The van der Waals surface area contributed by atoms with Gasteiger partial charge < -0.3 is 14.2 Å². The van der Waals surface area contributed by atoms with E-state index in [9.17, 15) is 9.59 Å². The molecule has 0 unspecified atom stereocenters. The van der Waals surface area contributed by atoms with Crippen LogP contribution in [0.1, 0.15) is 13.8 Å². The van der Waals surface area contributed by atoms with Gasteiger partial charge in [-0.2, -0.15) is 0 Å². The van der Waals surface area contributed by atoms with E-state index < -0.39 is 11.9 Å². The number of carbonyl (C=O) groups is 2. The van der Waals surface area contributed by atoms with Crippen LogP contribution in [-0.4, -0.2) is 11.9 Å². The molecule has 0 saturated carbocycles. The van der Waals surface area contributed by atoms with Gasteiger partial charge in [0, 0.05) is 22.9 Å². The second-order valence-corrected chi connectivity index (χ2v) is 5.07. The molecule has 2 aromatic rings. The minimum atomic E-state index is -0.558. The lowest BCUT2D eigenvalue weighted by molar-refractivity contribution is -0.134.